The van der Waals surface area contributed by atoms with Gasteiger partial charge in [-0.15, -0.1) is 5.10 Å². The Morgan fingerprint density at radius 1 is 1.50 bits per heavy atom. The van der Waals surface area contributed by atoms with Gasteiger partial charge in [-0.25, -0.2) is 4.39 Å². The number of methoxy groups -OCH3 is 1. The van der Waals surface area contributed by atoms with E-state index < -0.39 is 0 Å². The summed E-state index contributed by atoms with van der Waals surface area (Å²) in [5, 5.41) is 11.0. The minimum absolute atomic E-state index is 0.188. The van der Waals surface area contributed by atoms with E-state index in [0.29, 0.717) is 17.3 Å². The number of nitrogens with zero attached hydrogens (tertiary/aromatic N) is 4. The van der Waals surface area contributed by atoms with Crippen LogP contribution in [0.25, 0.3) is 5.69 Å². The number of aromatic nitrogens is 4. The molecule has 0 aliphatic heterocycles. The van der Waals surface area contributed by atoms with E-state index in [4.69, 9.17) is 10.5 Å². The lowest BCUT2D eigenvalue weighted by Crippen LogP contribution is -2.09. The van der Waals surface area contributed by atoms with E-state index in [1.165, 1.54) is 30.0 Å². The van der Waals surface area contributed by atoms with Crippen molar-refractivity contribution in [1.82, 2.24) is 20.2 Å². The summed E-state index contributed by atoms with van der Waals surface area (Å²) in [5.41, 5.74) is 6.03. The van der Waals surface area contributed by atoms with Gasteiger partial charge in [-0.2, -0.15) is 4.68 Å². The zero-order valence-corrected chi connectivity index (χ0v) is 8.59. The van der Waals surface area contributed by atoms with Crippen molar-refractivity contribution in [1.29, 1.82) is 0 Å². The minimum atomic E-state index is -0.386. The molecule has 16 heavy (non-hydrogen) atoms. The van der Waals surface area contributed by atoms with Crippen LogP contribution in [0.1, 0.15) is 5.82 Å². The molecule has 2 N–H and O–H groups in total. The maximum absolute atomic E-state index is 13.0. The first-order chi connectivity index (χ1) is 7.76. The molecule has 0 spiro atoms. The summed E-state index contributed by atoms with van der Waals surface area (Å²) in [4.78, 5) is 0. The Balaban J connectivity index is 2.55. The maximum Gasteiger partial charge on any atom is 0.170 e. The van der Waals surface area contributed by atoms with Crippen molar-refractivity contribution in [2.75, 3.05) is 7.11 Å². The van der Waals surface area contributed by atoms with Gasteiger partial charge < -0.3 is 10.5 Å². The lowest BCUT2D eigenvalue weighted by atomic mass is 10.3. The van der Waals surface area contributed by atoms with E-state index in [1.807, 2.05) is 0 Å². The quantitative estimate of drug-likeness (QED) is 0.807. The summed E-state index contributed by atoms with van der Waals surface area (Å²) in [5.74, 6) is 0.440. The third kappa shape index (κ3) is 1.72. The Kier molecular flexibility index (Phi) is 2.78. The molecule has 0 bridgehead atoms. The summed E-state index contributed by atoms with van der Waals surface area (Å²) in [6.07, 6.45) is 0. The van der Waals surface area contributed by atoms with Crippen LogP contribution >= 0.6 is 0 Å². The van der Waals surface area contributed by atoms with Crippen LogP contribution in [0.5, 0.6) is 5.75 Å². The molecule has 0 aliphatic carbocycles. The standard InChI is InChI=1S/C9H10FN5O/c1-16-8-4-6(10)2-3-7(8)15-9(5-11)12-13-14-15/h2-4H,5,11H2,1H3. The molecule has 1 aromatic heterocycles. The fraction of sp³-hybridized carbons (Fsp3) is 0.222. The molecule has 0 amide bonds. The van der Waals surface area contributed by atoms with Crippen molar-refractivity contribution in [2.24, 2.45) is 5.73 Å². The smallest absolute Gasteiger partial charge is 0.170 e. The third-order valence-corrected chi connectivity index (χ3v) is 2.09. The van der Waals surface area contributed by atoms with Gasteiger partial charge in [0.1, 0.15) is 17.3 Å². The van der Waals surface area contributed by atoms with Crippen LogP contribution in [0.2, 0.25) is 0 Å². The summed E-state index contributed by atoms with van der Waals surface area (Å²) in [6.45, 7) is 0.188. The fourth-order valence-electron chi connectivity index (χ4n) is 1.35. The average molecular weight is 223 g/mol. The summed E-state index contributed by atoms with van der Waals surface area (Å²) >= 11 is 0. The molecular weight excluding hydrogens is 213 g/mol. The second kappa shape index (κ2) is 4.23. The number of hydrogen-bond donors (Lipinski definition) is 1. The SMILES string of the molecule is COc1cc(F)ccc1-n1nnnc1CN. The van der Waals surface area contributed by atoms with Gasteiger partial charge in [0, 0.05) is 6.07 Å². The zero-order chi connectivity index (χ0) is 11.5. The van der Waals surface area contributed by atoms with E-state index >= 15 is 0 Å². The van der Waals surface area contributed by atoms with E-state index in [2.05, 4.69) is 15.5 Å². The van der Waals surface area contributed by atoms with Crippen molar-refractivity contribution < 1.29 is 9.13 Å². The predicted molar refractivity (Wildman–Crippen MR) is 53.6 cm³/mol. The number of tetrazole rings is 1. The van der Waals surface area contributed by atoms with Crippen molar-refractivity contribution in [2.45, 2.75) is 6.54 Å². The first kappa shape index (κ1) is 10.5. The van der Waals surface area contributed by atoms with Crippen LogP contribution in [-0.2, 0) is 6.54 Å². The van der Waals surface area contributed by atoms with Crippen LogP contribution in [0.3, 0.4) is 0 Å². The van der Waals surface area contributed by atoms with Crippen LogP contribution in [-0.4, -0.2) is 27.3 Å². The molecule has 0 saturated heterocycles. The van der Waals surface area contributed by atoms with Gasteiger partial charge in [-0.1, -0.05) is 0 Å². The number of ether oxygens (including phenoxy) is 1. The summed E-state index contributed by atoms with van der Waals surface area (Å²) in [6, 6.07) is 4.10. The van der Waals surface area contributed by atoms with E-state index in [9.17, 15) is 4.39 Å². The van der Waals surface area contributed by atoms with Crippen LogP contribution in [0.4, 0.5) is 4.39 Å². The Hall–Kier alpha value is -2.02. The second-order valence-electron chi connectivity index (χ2n) is 3.03. The van der Waals surface area contributed by atoms with E-state index in [0.717, 1.165) is 0 Å². The summed E-state index contributed by atoms with van der Waals surface area (Å²) in [7, 11) is 1.45. The monoisotopic (exact) mass is 223 g/mol. The van der Waals surface area contributed by atoms with Gasteiger partial charge in [0.25, 0.3) is 0 Å². The highest BCUT2D eigenvalue weighted by atomic mass is 19.1. The van der Waals surface area contributed by atoms with Crippen LogP contribution in [0.15, 0.2) is 18.2 Å². The van der Waals surface area contributed by atoms with Gasteiger partial charge in [-0.05, 0) is 22.6 Å². The number of hydrogen-bond acceptors (Lipinski definition) is 5. The van der Waals surface area contributed by atoms with Crippen molar-refractivity contribution in [3.63, 3.8) is 0 Å². The lowest BCUT2D eigenvalue weighted by molar-refractivity contribution is 0.407. The Labute approximate surface area is 90.8 Å². The molecule has 1 aromatic carbocycles. The largest absolute Gasteiger partial charge is 0.494 e. The molecule has 7 heteroatoms. The highest BCUT2D eigenvalue weighted by Gasteiger charge is 2.12. The molecule has 0 unspecified atom stereocenters. The molecular formula is C9H10FN5O. The van der Waals surface area contributed by atoms with E-state index in [1.54, 1.807) is 0 Å². The maximum atomic E-state index is 13.0. The average Bonchev–Trinajstić information content (AvgIpc) is 2.76. The van der Waals surface area contributed by atoms with E-state index in [-0.39, 0.29) is 12.4 Å². The fourth-order valence-corrected chi connectivity index (χ4v) is 1.35. The normalized spacial score (nSPS) is 10.4. The van der Waals surface area contributed by atoms with Crippen molar-refractivity contribution >= 4 is 0 Å². The molecule has 0 atom stereocenters. The van der Waals surface area contributed by atoms with Gasteiger partial charge in [-0.3, -0.25) is 0 Å². The minimum Gasteiger partial charge on any atom is -0.494 e. The first-order valence-electron chi connectivity index (χ1n) is 4.57. The highest BCUT2D eigenvalue weighted by Crippen LogP contribution is 2.23. The summed E-state index contributed by atoms with van der Waals surface area (Å²) < 4.78 is 19.5. The second-order valence-corrected chi connectivity index (χ2v) is 3.03. The third-order valence-electron chi connectivity index (χ3n) is 2.09. The van der Waals surface area contributed by atoms with Crippen molar-refractivity contribution in [3.05, 3.63) is 29.8 Å². The Bertz CT molecular complexity index is 498. The molecule has 84 valence electrons. The van der Waals surface area contributed by atoms with Gasteiger partial charge in [0.05, 0.1) is 13.7 Å². The molecule has 0 saturated carbocycles. The lowest BCUT2D eigenvalue weighted by Gasteiger charge is -2.08. The highest BCUT2D eigenvalue weighted by molar-refractivity contribution is 5.46. The number of nitrogens with two attached hydrogens (primary N) is 1. The molecule has 0 fully saturated rings. The number of halogens is 1. The number of rotatable bonds is 3. The Morgan fingerprint density at radius 3 is 3.00 bits per heavy atom. The topological polar surface area (TPSA) is 78.8 Å². The van der Waals surface area contributed by atoms with Crippen molar-refractivity contribution in [3.8, 4) is 11.4 Å². The molecule has 0 aliphatic rings. The Morgan fingerprint density at radius 2 is 2.31 bits per heavy atom. The first-order valence-corrected chi connectivity index (χ1v) is 4.57. The molecule has 2 rings (SSSR count). The van der Waals surface area contributed by atoms with Crippen LogP contribution in [0, 0.1) is 5.82 Å². The number of benzene rings is 1. The zero-order valence-electron chi connectivity index (χ0n) is 8.59. The molecule has 0 radical (unpaired) electrons. The molecule has 1 heterocycles. The molecule has 6 nitrogen and oxygen atoms in total. The van der Waals surface area contributed by atoms with Crippen LogP contribution < -0.4 is 10.5 Å². The van der Waals surface area contributed by atoms with Gasteiger partial charge >= 0.3 is 0 Å². The molecule has 2 aromatic rings. The predicted octanol–water partition coefficient (Wildman–Crippen LogP) is 0.269. The van der Waals surface area contributed by atoms with Gasteiger partial charge in [0.15, 0.2) is 5.82 Å². The van der Waals surface area contributed by atoms with Gasteiger partial charge in [0.2, 0.25) is 0 Å².